The van der Waals surface area contributed by atoms with Gasteiger partial charge in [0, 0.05) is 12.6 Å². The Hall–Kier alpha value is -0.830. The summed E-state index contributed by atoms with van der Waals surface area (Å²) in [4.78, 5) is 10.6. The minimum absolute atomic E-state index is 0.472. The molecular formula is C10H14ClN3. The van der Waals surface area contributed by atoms with E-state index in [4.69, 9.17) is 11.6 Å². The van der Waals surface area contributed by atoms with Gasteiger partial charge in [0.05, 0.1) is 12.4 Å². The Balaban J connectivity index is 2.20. The van der Waals surface area contributed by atoms with Gasteiger partial charge in [-0.15, -0.1) is 0 Å². The SMILES string of the molecule is C[C@H]1CCCCN1c1cncc(Cl)n1. The van der Waals surface area contributed by atoms with Crippen LogP contribution in [0.4, 0.5) is 5.82 Å². The smallest absolute Gasteiger partial charge is 0.149 e. The lowest BCUT2D eigenvalue weighted by molar-refractivity contribution is 0.481. The number of hydrogen-bond donors (Lipinski definition) is 0. The van der Waals surface area contributed by atoms with Crippen LogP contribution < -0.4 is 4.90 Å². The molecule has 0 unspecified atom stereocenters. The molecule has 4 heteroatoms. The van der Waals surface area contributed by atoms with Crippen LogP contribution in [-0.2, 0) is 0 Å². The number of piperidine rings is 1. The second-order valence-electron chi connectivity index (χ2n) is 3.74. The molecule has 1 saturated heterocycles. The first-order valence-electron chi connectivity index (χ1n) is 5.01. The van der Waals surface area contributed by atoms with Crippen LogP contribution in [0.2, 0.25) is 5.15 Å². The van der Waals surface area contributed by atoms with Crippen molar-refractivity contribution in [2.45, 2.75) is 32.2 Å². The molecular weight excluding hydrogens is 198 g/mol. The molecule has 76 valence electrons. The van der Waals surface area contributed by atoms with E-state index < -0.39 is 0 Å². The standard InChI is InChI=1S/C10H14ClN3/c1-8-4-2-3-5-14(8)10-7-12-6-9(11)13-10/h6-8H,2-5H2,1H3/t8-/m0/s1. The molecule has 1 aromatic heterocycles. The second kappa shape index (κ2) is 4.13. The van der Waals surface area contributed by atoms with Crippen molar-refractivity contribution in [3.05, 3.63) is 17.5 Å². The Kier molecular flexibility index (Phi) is 2.87. The zero-order valence-electron chi connectivity index (χ0n) is 8.28. The van der Waals surface area contributed by atoms with Crippen LogP contribution in [0.5, 0.6) is 0 Å². The third-order valence-corrected chi connectivity index (χ3v) is 2.87. The second-order valence-corrected chi connectivity index (χ2v) is 4.13. The van der Waals surface area contributed by atoms with Gasteiger partial charge < -0.3 is 4.90 Å². The molecule has 0 amide bonds. The van der Waals surface area contributed by atoms with E-state index in [2.05, 4.69) is 21.8 Å². The highest BCUT2D eigenvalue weighted by atomic mass is 35.5. The summed E-state index contributed by atoms with van der Waals surface area (Å²) in [6, 6.07) is 0.552. The van der Waals surface area contributed by atoms with Gasteiger partial charge in [-0.3, -0.25) is 4.98 Å². The molecule has 14 heavy (non-hydrogen) atoms. The monoisotopic (exact) mass is 211 g/mol. The van der Waals surface area contributed by atoms with Gasteiger partial charge in [0.1, 0.15) is 11.0 Å². The van der Waals surface area contributed by atoms with Crippen LogP contribution >= 0.6 is 11.6 Å². The Morgan fingerprint density at radius 2 is 2.29 bits per heavy atom. The summed E-state index contributed by atoms with van der Waals surface area (Å²) >= 11 is 5.81. The van der Waals surface area contributed by atoms with Gasteiger partial charge in [-0.2, -0.15) is 0 Å². The summed E-state index contributed by atoms with van der Waals surface area (Å²) in [5, 5.41) is 0.472. The quantitative estimate of drug-likeness (QED) is 0.715. The number of aromatic nitrogens is 2. The molecule has 0 N–H and O–H groups in total. The van der Waals surface area contributed by atoms with E-state index in [9.17, 15) is 0 Å². The fraction of sp³-hybridized carbons (Fsp3) is 0.600. The van der Waals surface area contributed by atoms with Crippen molar-refractivity contribution in [1.29, 1.82) is 0 Å². The molecule has 1 aliphatic heterocycles. The third kappa shape index (κ3) is 1.98. The molecule has 0 bridgehead atoms. The highest BCUT2D eigenvalue weighted by Gasteiger charge is 2.19. The van der Waals surface area contributed by atoms with E-state index in [1.165, 1.54) is 19.3 Å². The van der Waals surface area contributed by atoms with E-state index in [0.29, 0.717) is 11.2 Å². The van der Waals surface area contributed by atoms with Crippen LogP contribution in [0, 0.1) is 0 Å². The van der Waals surface area contributed by atoms with E-state index >= 15 is 0 Å². The van der Waals surface area contributed by atoms with Crippen molar-refractivity contribution < 1.29 is 0 Å². The van der Waals surface area contributed by atoms with Gasteiger partial charge in [-0.1, -0.05) is 11.6 Å². The summed E-state index contributed by atoms with van der Waals surface area (Å²) < 4.78 is 0. The molecule has 0 spiro atoms. The van der Waals surface area contributed by atoms with Gasteiger partial charge in [-0.05, 0) is 26.2 Å². The zero-order valence-corrected chi connectivity index (χ0v) is 9.04. The summed E-state index contributed by atoms with van der Waals surface area (Å²) in [5.41, 5.74) is 0. The molecule has 2 rings (SSSR count). The van der Waals surface area contributed by atoms with Crippen LogP contribution in [-0.4, -0.2) is 22.6 Å². The molecule has 0 aromatic carbocycles. The van der Waals surface area contributed by atoms with Crippen molar-refractivity contribution in [2.75, 3.05) is 11.4 Å². The predicted molar refractivity (Wildman–Crippen MR) is 57.7 cm³/mol. The number of halogens is 1. The fourth-order valence-electron chi connectivity index (χ4n) is 1.91. The highest BCUT2D eigenvalue weighted by molar-refractivity contribution is 6.29. The Bertz CT molecular complexity index is 316. The van der Waals surface area contributed by atoms with Crippen molar-refractivity contribution in [1.82, 2.24) is 9.97 Å². The van der Waals surface area contributed by atoms with Crippen molar-refractivity contribution >= 4 is 17.4 Å². The normalized spacial score (nSPS) is 22.4. The summed E-state index contributed by atoms with van der Waals surface area (Å²) in [5.74, 6) is 0.907. The zero-order chi connectivity index (χ0) is 9.97. The maximum Gasteiger partial charge on any atom is 0.149 e. The van der Waals surface area contributed by atoms with Crippen LogP contribution in [0.25, 0.3) is 0 Å². The van der Waals surface area contributed by atoms with Crippen molar-refractivity contribution in [3.8, 4) is 0 Å². The molecule has 1 aromatic rings. The first kappa shape index (κ1) is 9.71. The van der Waals surface area contributed by atoms with Gasteiger partial charge in [0.25, 0.3) is 0 Å². The molecule has 2 heterocycles. The molecule has 0 aliphatic carbocycles. The molecule has 1 atom stereocenters. The molecule has 1 fully saturated rings. The molecule has 3 nitrogen and oxygen atoms in total. The van der Waals surface area contributed by atoms with E-state index in [1.54, 1.807) is 12.4 Å². The minimum Gasteiger partial charge on any atom is -0.353 e. The first-order chi connectivity index (χ1) is 6.77. The topological polar surface area (TPSA) is 29.0 Å². The number of rotatable bonds is 1. The van der Waals surface area contributed by atoms with Crippen molar-refractivity contribution in [2.24, 2.45) is 0 Å². The maximum atomic E-state index is 5.81. The maximum absolute atomic E-state index is 5.81. The summed E-state index contributed by atoms with van der Waals surface area (Å²) in [6.07, 6.45) is 7.13. The fourth-order valence-corrected chi connectivity index (χ4v) is 2.05. The lowest BCUT2D eigenvalue weighted by Crippen LogP contribution is -2.38. The highest BCUT2D eigenvalue weighted by Crippen LogP contribution is 2.22. The third-order valence-electron chi connectivity index (χ3n) is 2.69. The van der Waals surface area contributed by atoms with Crippen molar-refractivity contribution in [3.63, 3.8) is 0 Å². The van der Waals surface area contributed by atoms with Gasteiger partial charge in [-0.25, -0.2) is 4.98 Å². The van der Waals surface area contributed by atoms with Gasteiger partial charge in [0.15, 0.2) is 0 Å². The first-order valence-corrected chi connectivity index (χ1v) is 5.39. The Morgan fingerprint density at radius 3 is 3.00 bits per heavy atom. The van der Waals surface area contributed by atoms with Crippen LogP contribution in [0.15, 0.2) is 12.4 Å². The van der Waals surface area contributed by atoms with E-state index in [1.807, 2.05) is 0 Å². The van der Waals surface area contributed by atoms with E-state index in [0.717, 1.165) is 12.4 Å². The average molecular weight is 212 g/mol. The predicted octanol–water partition coefficient (Wildman–Crippen LogP) is 2.51. The summed E-state index contributed by atoms with van der Waals surface area (Å²) in [6.45, 7) is 3.29. The number of nitrogens with zero attached hydrogens (tertiary/aromatic N) is 3. The molecule has 0 saturated carbocycles. The minimum atomic E-state index is 0.472. The average Bonchev–Trinajstić information content (AvgIpc) is 2.18. The number of hydrogen-bond acceptors (Lipinski definition) is 3. The lowest BCUT2D eigenvalue weighted by atomic mass is 10.0. The molecule has 1 aliphatic rings. The van der Waals surface area contributed by atoms with E-state index in [-0.39, 0.29) is 0 Å². The Labute approximate surface area is 89.1 Å². The van der Waals surface area contributed by atoms with Gasteiger partial charge >= 0.3 is 0 Å². The van der Waals surface area contributed by atoms with Crippen LogP contribution in [0.1, 0.15) is 26.2 Å². The van der Waals surface area contributed by atoms with Gasteiger partial charge in [0.2, 0.25) is 0 Å². The largest absolute Gasteiger partial charge is 0.353 e. The summed E-state index contributed by atoms with van der Waals surface area (Å²) in [7, 11) is 0. The molecule has 0 radical (unpaired) electrons. The lowest BCUT2D eigenvalue weighted by Gasteiger charge is -2.34. The Morgan fingerprint density at radius 1 is 1.43 bits per heavy atom. The number of anilines is 1. The van der Waals surface area contributed by atoms with Crippen LogP contribution in [0.3, 0.4) is 0 Å².